The zero-order chi connectivity index (χ0) is 27.4. The molecule has 3 aromatic carbocycles. The molecule has 198 valence electrons. The normalized spacial score (nSPS) is 11.8. The molecule has 0 aliphatic heterocycles. The van der Waals surface area contributed by atoms with Gasteiger partial charge in [0, 0.05) is 34.7 Å². The molecule has 3 rings (SSSR count). The van der Waals surface area contributed by atoms with Gasteiger partial charge in [-0.3, -0.25) is 0 Å². The summed E-state index contributed by atoms with van der Waals surface area (Å²) < 4.78 is 0. The molecular weight excluding hydrogens is 493 g/mol. The molecule has 37 heavy (non-hydrogen) atoms. The maximum absolute atomic E-state index is 6.22. The molecule has 1 nitrogen and oxygen atoms in total. The third kappa shape index (κ3) is 8.52. The predicted molar refractivity (Wildman–Crippen MR) is 166 cm³/mol. The largest absolute Gasteiger partial charge is 0.371 e. The highest BCUT2D eigenvalue weighted by molar-refractivity contribution is 6.30. The second kappa shape index (κ2) is 15.7. The maximum Gasteiger partial charge on any atom is 0.0406 e. The Hall–Kier alpha value is -2.48. The Morgan fingerprint density at radius 3 is 1.68 bits per heavy atom. The first-order chi connectivity index (χ1) is 17.9. The van der Waals surface area contributed by atoms with E-state index >= 15 is 0 Å². The lowest BCUT2D eigenvalue weighted by atomic mass is 9.84. The van der Waals surface area contributed by atoms with Crippen molar-refractivity contribution >= 4 is 29.3 Å². The molecule has 0 aliphatic carbocycles. The van der Waals surface area contributed by atoms with Gasteiger partial charge in [-0.2, -0.15) is 0 Å². The Bertz CT molecular complexity index is 1110. The van der Waals surface area contributed by atoms with Gasteiger partial charge in [-0.15, -0.1) is 0 Å². The lowest BCUT2D eigenvalue weighted by molar-refractivity contribution is 0.353. The van der Waals surface area contributed by atoms with Gasteiger partial charge in [-0.05, 0) is 97.3 Å². The topological polar surface area (TPSA) is 3.24 Å². The summed E-state index contributed by atoms with van der Waals surface area (Å²) in [4.78, 5) is 2.53. The average Bonchev–Trinajstić information content (AvgIpc) is 2.91. The number of rotatable bonds is 10. The van der Waals surface area contributed by atoms with E-state index in [2.05, 4.69) is 94.1 Å². The van der Waals surface area contributed by atoms with Crippen LogP contribution in [0.5, 0.6) is 0 Å². The first kappa shape index (κ1) is 30.7. The van der Waals surface area contributed by atoms with Gasteiger partial charge in [-0.1, -0.05) is 99.4 Å². The van der Waals surface area contributed by atoms with Crippen LogP contribution in [0.3, 0.4) is 0 Å². The highest BCUT2D eigenvalue weighted by Crippen LogP contribution is 2.35. The zero-order valence-electron chi connectivity index (χ0n) is 23.6. The van der Waals surface area contributed by atoms with E-state index in [-0.39, 0.29) is 5.92 Å². The summed E-state index contributed by atoms with van der Waals surface area (Å²) in [5.74, 6) is 0.0888. The second-order valence-corrected chi connectivity index (χ2v) is 10.0. The van der Waals surface area contributed by atoms with E-state index in [1.807, 2.05) is 38.1 Å². The van der Waals surface area contributed by atoms with E-state index in [1.165, 1.54) is 39.1 Å². The number of hydrogen-bond donors (Lipinski definition) is 0. The SMILES string of the molecule is C/C=C(C)/C(=C\c1cc(C(c2ccc(Cl)cc2)c2ccc(Cl)cc2)ccc1C)N(CCC)CCC.CC. The monoisotopic (exact) mass is 535 g/mol. The third-order valence-corrected chi connectivity index (χ3v) is 7.00. The fourth-order valence-corrected chi connectivity index (χ4v) is 4.78. The zero-order valence-corrected chi connectivity index (χ0v) is 25.1. The van der Waals surface area contributed by atoms with Crippen LogP contribution in [0.2, 0.25) is 10.0 Å². The number of allylic oxidation sites excluding steroid dienone is 2. The molecule has 0 heterocycles. The van der Waals surface area contributed by atoms with Crippen molar-refractivity contribution in [1.82, 2.24) is 4.90 Å². The van der Waals surface area contributed by atoms with Gasteiger partial charge >= 0.3 is 0 Å². The molecule has 0 bridgehead atoms. The molecular formula is C34H43Cl2N. The van der Waals surface area contributed by atoms with E-state index in [9.17, 15) is 0 Å². The second-order valence-electron chi connectivity index (χ2n) is 9.14. The van der Waals surface area contributed by atoms with Gasteiger partial charge in [0.05, 0.1) is 0 Å². The Labute approximate surface area is 235 Å². The van der Waals surface area contributed by atoms with Gasteiger partial charge in [0.2, 0.25) is 0 Å². The molecule has 0 amide bonds. The summed E-state index contributed by atoms with van der Waals surface area (Å²) in [6.45, 7) is 17.2. The van der Waals surface area contributed by atoms with Gasteiger partial charge in [0.25, 0.3) is 0 Å². The van der Waals surface area contributed by atoms with E-state index in [0.717, 1.165) is 36.0 Å². The Kier molecular flexibility index (Phi) is 13.0. The summed E-state index contributed by atoms with van der Waals surface area (Å²) in [6, 6.07) is 23.2. The smallest absolute Gasteiger partial charge is 0.0406 e. The number of aryl methyl sites for hydroxylation is 1. The van der Waals surface area contributed by atoms with Crippen LogP contribution in [0, 0.1) is 6.92 Å². The fourth-order valence-electron chi connectivity index (χ4n) is 4.52. The van der Waals surface area contributed by atoms with Crippen LogP contribution in [-0.4, -0.2) is 18.0 Å². The molecule has 0 N–H and O–H groups in total. The first-order valence-corrected chi connectivity index (χ1v) is 14.3. The van der Waals surface area contributed by atoms with Crippen molar-refractivity contribution in [2.24, 2.45) is 0 Å². The number of halogens is 2. The van der Waals surface area contributed by atoms with Crippen LogP contribution in [0.15, 0.2) is 84.1 Å². The quantitative estimate of drug-likeness (QED) is 0.184. The Morgan fingerprint density at radius 1 is 0.784 bits per heavy atom. The van der Waals surface area contributed by atoms with Crippen molar-refractivity contribution in [3.63, 3.8) is 0 Å². The van der Waals surface area contributed by atoms with E-state index in [0.29, 0.717) is 0 Å². The summed E-state index contributed by atoms with van der Waals surface area (Å²) in [5.41, 5.74) is 8.81. The molecule has 0 fully saturated rings. The fraction of sp³-hybridized carbons (Fsp3) is 0.353. The number of benzene rings is 3. The van der Waals surface area contributed by atoms with Crippen LogP contribution in [0.1, 0.15) is 88.1 Å². The van der Waals surface area contributed by atoms with Crippen LogP contribution in [0.4, 0.5) is 0 Å². The Morgan fingerprint density at radius 2 is 1.24 bits per heavy atom. The minimum atomic E-state index is 0.0888. The number of hydrogen-bond acceptors (Lipinski definition) is 1. The molecule has 3 heteroatoms. The van der Waals surface area contributed by atoms with Crippen molar-refractivity contribution in [2.45, 2.75) is 67.2 Å². The lowest BCUT2D eigenvalue weighted by Crippen LogP contribution is -2.25. The highest BCUT2D eigenvalue weighted by Gasteiger charge is 2.18. The highest BCUT2D eigenvalue weighted by atomic mass is 35.5. The van der Waals surface area contributed by atoms with E-state index in [4.69, 9.17) is 23.2 Å². The number of nitrogens with zero attached hydrogens (tertiary/aromatic N) is 1. The van der Waals surface area contributed by atoms with Crippen molar-refractivity contribution in [2.75, 3.05) is 13.1 Å². The van der Waals surface area contributed by atoms with Gasteiger partial charge in [-0.25, -0.2) is 0 Å². The summed E-state index contributed by atoms with van der Waals surface area (Å²) in [7, 11) is 0. The summed E-state index contributed by atoms with van der Waals surface area (Å²) in [5, 5.41) is 1.49. The van der Waals surface area contributed by atoms with Crippen molar-refractivity contribution in [3.8, 4) is 0 Å². The van der Waals surface area contributed by atoms with Crippen LogP contribution < -0.4 is 0 Å². The molecule has 0 aromatic heterocycles. The molecule has 3 aromatic rings. The molecule has 0 saturated heterocycles. The molecule has 0 spiro atoms. The summed E-state index contributed by atoms with van der Waals surface area (Å²) in [6.07, 6.45) is 6.85. The van der Waals surface area contributed by atoms with Crippen LogP contribution in [-0.2, 0) is 0 Å². The van der Waals surface area contributed by atoms with Gasteiger partial charge in [0.15, 0.2) is 0 Å². The third-order valence-electron chi connectivity index (χ3n) is 6.50. The Balaban J connectivity index is 0.00000235. The molecule has 0 radical (unpaired) electrons. The predicted octanol–water partition coefficient (Wildman–Crippen LogP) is 10.9. The standard InChI is InChI=1S/C32H37Cl2N.C2H6/c1-6-19-35(20-7-2)31(23(4)8-3)22-28-21-27(10-9-24(28)5)32(25-11-15-29(33)16-12-25)26-13-17-30(34)18-14-26;1-2/h8-18,21-22,32H,6-7,19-20H2,1-5H3;1-2H3/b23-8+,31-22+;. The summed E-state index contributed by atoms with van der Waals surface area (Å²) >= 11 is 12.4. The maximum atomic E-state index is 6.22. The average molecular weight is 537 g/mol. The first-order valence-electron chi connectivity index (χ1n) is 13.6. The van der Waals surface area contributed by atoms with E-state index < -0.39 is 0 Å². The van der Waals surface area contributed by atoms with Crippen molar-refractivity contribution < 1.29 is 0 Å². The van der Waals surface area contributed by atoms with Gasteiger partial charge in [0.1, 0.15) is 0 Å². The van der Waals surface area contributed by atoms with Crippen molar-refractivity contribution in [3.05, 3.63) is 122 Å². The molecule has 0 aliphatic rings. The van der Waals surface area contributed by atoms with E-state index in [1.54, 1.807) is 0 Å². The molecule has 0 saturated carbocycles. The minimum Gasteiger partial charge on any atom is -0.371 e. The molecule has 0 unspecified atom stereocenters. The minimum absolute atomic E-state index is 0.0888. The van der Waals surface area contributed by atoms with Crippen LogP contribution >= 0.6 is 23.2 Å². The molecule has 0 atom stereocenters. The van der Waals surface area contributed by atoms with Gasteiger partial charge < -0.3 is 4.90 Å². The van der Waals surface area contributed by atoms with Crippen molar-refractivity contribution in [1.29, 1.82) is 0 Å². The van der Waals surface area contributed by atoms with Crippen LogP contribution in [0.25, 0.3) is 6.08 Å². The lowest BCUT2D eigenvalue weighted by Gasteiger charge is -2.28.